The van der Waals surface area contributed by atoms with Crippen molar-refractivity contribution in [3.8, 4) is 5.75 Å². The molecule has 1 unspecified atom stereocenters. The Kier molecular flexibility index (Phi) is 5.09. The molecule has 2 aromatic carbocycles. The predicted molar refractivity (Wildman–Crippen MR) is 109 cm³/mol. The molecule has 1 aliphatic carbocycles. The van der Waals surface area contributed by atoms with Crippen LogP contribution in [0.4, 0.5) is 5.69 Å². The van der Waals surface area contributed by atoms with Gasteiger partial charge in [-0.15, -0.1) is 0 Å². The van der Waals surface area contributed by atoms with E-state index in [0.717, 1.165) is 18.4 Å². The van der Waals surface area contributed by atoms with Gasteiger partial charge in [0.25, 0.3) is 11.8 Å². The van der Waals surface area contributed by atoms with Gasteiger partial charge in [-0.3, -0.25) is 14.4 Å². The second kappa shape index (κ2) is 7.70. The van der Waals surface area contributed by atoms with E-state index in [0.29, 0.717) is 23.6 Å². The highest BCUT2D eigenvalue weighted by Gasteiger charge is 2.48. The van der Waals surface area contributed by atoms with E-state index in [9.17, 15) is 14.4 Å². The summed E-state index contributed by atoms with van der Waals surface area (Å²) in [5.74, 6) is -0.133. The Labute approximate surface area is 170 Å². The molecule has 0 spiro atoms. The second-order valence-corrected chi connectivity index (χ2v) is 7.52. The summed E-state index contributed by atoms with van der Waals surface area (Å²) in [6.07, 6.45) is 1.73. The molecule has 2 fully saturated rings. The predicted octanol–water partition coefficient (Wildman–Crippen LogP) is 3.33. The lowest BCUT2D eigenvalue weighted by Gasteiger charge is -2.27. The van der Waals surface area contributed by atoms with Gasteiger partial charge in [0.2, 0.25) is 5.91 Å². The zero-order valence-corrected chi connectivity index (χ0v) is 16.6. The molecule has 2 aromatic rings. The molecule has 150 valence electrons. The van der Waals surface area contributed by atoms with Gasteiger partial charge in [0, 0.05) is 11.6 Å². The van der Waals surface area contributed by atoms with Crippen molar-refractivity contribution >= 4 is 23.4 Å². The lowest BCUT2D eigenvalue weighted by Crippen LogP contribution is -2.46. The molecule has 0 radical (unpaired) electrons. The van der Waals surface area contributed by atoms with E-state index in [1.165, 1.54) is 4.90 Å². The Balaban J connectivity index is 1.58. The number of aryl methyl sites for hydroxylation is 1. The molecule has 0 aromatic heterocycles. The average Bonchev–Trinajstić information content (AvgIpc) is 3.50. The highest BCUT2D eigenvalue weighted by atomic mass is 16.5. The van der Waals surface area contributed by atoms with Gasteiger partial charge in [0.15, 0.2) is 0 Å². The fourth-order valence-corrected chi connectivity index (χ4v) is 3.72. The number of imide groups is 1. The topological polar surface area (TPSA) is 66.9 Å². The van der Waals surface area contributed by atoms with E-state index in [1.807, 2.05) is 26.0 Å². The quantitative estimate of drug-likeness (QED) is 0.708. The normalized spacial score (nSPS) is 18.8. The van der Waals surface area contributed by atoms with E-state index in [4.69, 9.17) is 4.74 Å². The molecule has 0 bridgehead atoms. The standard InChI is InChI=1S/C23H24N2O4/c1-3-29-19-12-10-18(11-13-19)25-21(26)14-20(23(25)28)24(17-8-9-17)22(27)16-6-4-15(2)5-7-16/h4-7,10-13,17,20H,3,8-9,14H2,1-2H3. The molecule has 4 rings (SSSR count). The number of hydrogen-bond donors (Lipinski definition) is 0. The van der Waals surface area contributed by atoms with Crippen LogP contribution in [0.2, 0.25) is 0 Å². The van der Waals surface area contributed by atoms with Crippen molar-refractivity contribution in [2.45, 2.75) is 45.2 Å². The number of benzene rings is 2. The molecule has 1 atom stereocenters. The summed E-state index contributed by atoms with van der Waals surface area (Å²) >= 11 is 0. The van der Waals surface area contributed by atoms with Crippen LogP contribution in [0, 0.1) is 6.92 Å². The minimum atomic E-state index is -0.754. The summed E-state index contributed by atoms with van der Waals surface area (Å²) in [6.45, 7) is 4.39. The van der Waals surface area contributed by atoms with Crippen LogP contribution in [-0.2, 0) is 9.59 Å². The third-order valence-electron chi connectivity index (χ3n) is 5.34. The molecule has 0 N–H and O–H groups in total. The number of ether oxygens (including phenoxy) is 1. The van der Waals surface area contributed by atoms with Crippen molar-refractivity contribution in [2.24, 2.45) is 0 Å². The summed E-state index contributed by atoms with van der Waals surface area (Å²) in [4.78, 5) is 41.8. The minimum Gasteiger partial charge on any atom is -0.494 e. The number of rotatable bonds is 6. The summed E-state index contributed by atoms with van der Waals surface area (Å²) in [6, 6.07) is 13.5. The zero-order valence-electron chi connectivity index (χ0n) is 16.6. The number of carbonyl (C=O) groups excluding carboxylic acids is 3. The molecule has 6 nitrogen and oxygen atoms in total. The summed E-state index contributed by atoms with van der Waals surface area (Å²) in [5.41, 5.74) is 2.11. The highest BCUT2D eigenvalue weighted by molar-refractivity contribution is 6.23. The van der Waals surface area contributed by atoms with Gasteiger partial charge in [-0.25, -0.2) is 4.90 Å². The second-order valence-electron chi connectivity index (χ2n) is 7.52. The Morgan fingerprint density at radius 3 is 2.31 bits per heavy atom. The van der Waals surface area contributed by atoms with Crippen LogP contribution in [0.3, 0.4) is 0 Å². The Bertz CT molecular complexity index is 932. The van der Waals surface area contributed by atoms with Gasteiger partial charge in [-0.1, -0.05) is 17.7 Å². The third-order valence-corrected chi connectivity index (χ3v) is 5.34. The fraction of sp³-hybridized carbons (Fsp3) is 0.348. The van der Waals surface area contributed by atoms with Gasteiger partial charge in [0.05, 0.1) is 18.7 Å². The first kappa shape index (κ1) is 19.2. The van der Waals surface area contributed by atoms with Crippen LogP contribution >= 0.6 is 0 Å². The van der Waals surface area contributed by atoms with Crippen LogP contribution in [-0.4, -0.2) is 41.3 Å². The maximum atomic E-state index is 13.2. The van der Waals surface area contributed by atoms with Crippen LogP contribution < -0.4 is 9.64 Å². The molecule has 2 aliphatic rings. The maximum Gasteiger partial charge on any atom is 0.257 e. The molecule has 6 heteroatoms. The smallest absolute Gasteiger partial charge is 0.257 e. The Morgan fingerprint density at radius 2 is 1.72 bits per heavy atom. The molecule has 29 heavy (non-hydrogen) atoms. The van der Waals surface area contributed by atoms with Crippen LogP contribution in [0.25, 0.3) is 0 Å². The number of amides is 3. The van der Waals surface area contributed by atoms with Crippen molar-refractivity contribution in [3.05, 3.63) is 59.7 Å². The van der Waals surface area contributed by atoms with Crippen molar-refractivity contribution in [2.75, 3.05) is 11.5 Å². The Hall–Kier alpha value is -3.15. The minimum absolute atomic E-state index is 0.0140. The lowest BCUT2D eigenvalue weighted by molar-refractivity contribution is -0.122. The van der Waals surface area contributed by atoms with Crippen LogP contribution in [0.15, 0.2) is 48.5 Å². The van der Waals surface area contributed by atoms with E-state index in [1.54, 1.807) is 41.3 Å². The summed E-state index contributed by atoms with van der Waals surface area (Å²) in [5, 5.41) is 0. The first-order chi connectivity index (χ1) is 14.0. The van der Waals surface area contributed by atoms with E-state index >= 15 is 0 Å². The molecule has 1 saturated carbocycles. The maximum absolute atomic E-state index is 13.2. The first-order valence-electron chi connectivity index (χ1n) is 9.98. The number of anilines is 1. The molecular weight excluding hydrogens is 368 g/mol. The van der Waals surface area contributed by atoms with Crippen molar-refractivity contribution in [3.63, 3.8) is 0 Å². The summed E-state index contributed by atoms with van der Waals surface area (Å²) < 4.78 is 5.42. The van der Waals surface area contributed by atoms with Gasteiger partial charge < -0.3 is 9.64 Å². The van der Waals surface area contributed by atoms with Gasteiger partial charge in [-0.2, -0.15) is 0 Å². The van der Waals surface area contributed by atoms with Gasteiger partial charge in [-0.05, 0) is 63.1 Å². The lowest BCUT2D eigenvalue weighted by atomic mass is 10.1. The van der Waals surface area contributed by atoms with E-state index in [2.05, 4.69) is 0 Å². The van der Waals surface area contributed by atoms with E-state index in [-0.39, 0.29) is 30.2 Å². The molecule has 1 saturated heterocycles. The zero-order chi connectivity index (χ0) is 20.5. The monoisotopic (exact) mass is 392 g/mol. The number of nitrogens with zero attached hydrogens (tertiary/aromatic N) is 2. The van der Waals surface area contributed by atoms with Crippen molar-refractivity contribution in [1.82, 2.24) is 4.90 Å². The van der Waals surface area contributed by atoms with Crippen LogP contribution in [0.1, 0.15) is 42.1 Å². The average molecular weight is 392 g/mol. The van der Waals surface area contributed by atoms with Crippen LogP contribution in [0.5, 0.6) is 5.75 Å². The summed E-state index contributed by atoms with van der Waals surface area (Å²) in [7, 11) is 0. The third kappa shape index (κ3) is 3.75. The molecule has 3 amide bonds. The van der Waals surface area contributed by atoms with Gasteiger partial charge in [0.1, 0.15) is 11.8 Å². The molecule has 1 heterocycles. The number of hydrogen-bond acceptors (Lipinski definition) is 4. The van der Waals surface area contributed by atoms with Gasteiger partial charge >= 0.3 is 0 Å². The molecular formula is C23H24N2O4. The Morgan fingerprint density at radius 1 is 1.07 bits per heavy atom. The highest BCUT2D eigenvalue weighted by Crippen LogP contribution is 2.35. The fourth-order valence-electron chi connectivity index (χ4n) is 3.72. The van der Waals surface area contributed by atoms with E-state index < -0.39 is 6.04 Å². The first-order valence-corrected chi connectivity index (χ1v) is 9.98. The number of carbonyl (C=O) groups is 3. The van der Waals surface area contributed by atoms with Crippen molar-refractivity contribution in [1.29, 1.82) is 0 Å². The SMILES string of the molecule is CCOc1ccc(N2C(=O)CC(N(C(=O)c3ccc(C)cc3)C3CC3)C2=O)cc1. The largest absolute Gasteiger partial charge is 0.494 e. The molecule has 1 aliphatic heterocycles. The van der Waals surface area contributed by atoms with Crippen molar-refractivity contribution < 1.29 is 19.1 Å².